The lowest BCUT2D eigenvalue weighted by atomic mass is 9.79. The van der Waals surface area contributed by atoms with E-state index in [1.54, 1.807) is 0 Å². The maximum atomic E-state index is 11.2. The standard InChI is InChI=1S/C28H43NO/c1-25(2,3)18-13-19(26(4,5)6)15-21(14-18)29-23-17-20(27(7,8)9)16-22(24(23)30)28(10,11)12/h13-17,29-30H,1-12H3. The Labute approximate surface area is 185 Å². The highest BCUT2D eigenvalue weighted by Gasteiger charge is 2.26. The largest absolute Gasteiger partial charge is 0.505 e. The van der Waals surface area contributed by atoms with Crippen molar-refractivity contribution in [2.75, 3.05) is 5.32 Å². The molecule has 166 valence electrons. The van der Waals surface area contributed by atoms with Gasteiger partial charge in [0.25, 0.3) is 0 Å². The highest BCUT2D eigenvalue weighted by Crippen LogP contribution is 2.42. The summed E-state index contributed by atoms with van der Waals surface area (Å²) < 4.78 is 0. The summed E-state index contributed by atoms with van der Waals surface area (Å²) >= 11 is 0. The van der Waals surface area contributed by atoms with Gasteiger partial charge in [0.05, 0.1) is 5.69 Å². The van der Waals surface area contributed by atoms with Gasteiger partial charge >= 0.3 is 0 Å². The molecule has 0 saturated heterocycles. The van der Waals surface area contributed by atoms with Crippen LogP contribution in [0.25, 0.3) is 0 Å². The Morgan fingerprint density at radius 2 is 0.933 bits per heavy atom. The molecule has 0 aliphatic carbocycles. The van der Waals surface area contributed by atoms with Crippen LogP contribution in [-0.4, -0.2) is 5.11 Å². The van der Waals surface area contributed by atoms with Gasteiger partial charge < -0.3 is 10.4 Å². The molecule has 2 nitrogen and oxygen atoms in total. The SMILES string of the molecule is CC(C)(C)c1cc(Nc2cc(C(C)(C)C)cc(C(C)(C)C)c2O)cc(C(C)(C)C)c1. The predicted octanol–water partition coefficient (Wildman–Crippen LogP) is 8.33. The predicted molar refractivity (Wildman–Crippen MR) is 133 cm³/mol. The van der Waals surface area contributed by atoms with Gasteiger partial charge in [0, 0.05) is 11.3 Å². The molecular weight excluding hydrogens is 366 g/mol. The Balaban J connectivity index is 2.70. The zero-order valence-electron chi connectivity index (χ0n) is 21.3. The van der Waals surface area contributed by atoms with Crippen molar-refractivity contribution < 1.29 is 5.11 Å². The second-order valence-corrected chi connectivity index (χ2v) is 12.8. The molecule has 0 aliphatic rings. The van der Waals surface area contributed by atoms with E-state index in [0.717, 1.165) is 16.9 Å². The molecule has 0 bridgehead atoms. The first-order valence-corrected chi connectivity index (χ1v) is 11.1. The Morgan fingerprint density at radius 3 is 1.30 bits per heavy atom. The minimum absolute atomic E-state index is 0.00599. The van der Waals surface area contributed by atoms with Gasteiger partial charge in [-0.05, 0) is 56.5 Å². The highest BCUT2D eigenvalue weighted by atomic mass is 16.3. The number of benzene rings is 2. The third-order valence-corrected chi connectivity index (χ3v) is 5.73. The second-order valence-electron chi connectivity index (χ2n) is 12.8. The number of anilines is 2. The lowest BCUT2D eigenvalue weighted by Crippen LogP contribution is -2.18. The quantitative estimate of drug-likeness (QED) is 0.489. The first kappa shape index (κ1) is 24.3. The van der Waals surface area contributed by atoms with E-state index < -0.39 is 0 Å². The van der Waals surface area contributed by atoms with Crippen LogP contribution in [0.5, 0.6) is 5.75 Å². The third kappa shape index (κ3) is 5.59. The summed E-state index contributed by atoms with van der Waals surface area (Å²) in [4.78, 5) is 0. The smallest absolute Gasteiger partial charge is 0.142 e. The maximum Gasteiger partial charge on any atom is 0.142 e. The molecule has 2 aromatic carbocycles. The van der Waals surface area contributed by atoms with E-state index in [1.807, 2.05) is 0 Å². The Morgan fingerprint density at radius 1 is 0.533 bits per heavy atom. The molecular formula is C28H43NO. The van der Waals surface area contributed by atoms with E-state index in [1.165, 1.54) is 16.7 Å². The number of phenolic OH excluding ortho intramolecular Hbond substituents is 1. The topological polar surface area (TPSA) is 32.3 Å². The number of hydrogen-bond donors (Lipinski definition) is 2. The average molecular weight is 410 g/mol. The second kappa shape index (κ2) is 7.62. The van der Waals surface area contributed by atoms with Crippen LogP contribution in [0.15, 0.2) is 30.3 Å². The van der Waals surface area contributed by atoms with Crippen molar-refractivity contribution >= 4 is 11.4 Å². The van der Waals surface area contributed by atoms with Crippen LogP contribution in [0.4, 0.5) is 11.4 Å². The molecule has 2 aromatic rings. The van der Waals surface area contributed by atoms with Crippen LogP contribution in [0.3, 0.4) is 0 Å². The monoisotopic (exact) mass is 409 g/mol. The Bertz CT molecular complexity index is 878. The van der Waals surface area contributed by atoms with Crippen molar-refractivity contribution in [3.63, 3.8) is 0 Å². The zero-order chi connectivity index (χ0) is 23.3. The van der Waals surface area contributed by atoms with Crippen LogP contribution in [0.1, 0.15) is 105 Å². The van der Waals surface area contributed by atoms with Crippen molar-refractivity contribution in [2.24, 2.45) is 0 Å². The van der Waals surface area contributed by atoms with Crippen molar-refractivity contribution in [2.45, 2.75) is 105 Å². The van der Waals surface area contributed by atoms with E-state index in [-0.39, 0.29) is 21.7 Å². The zero-order valence-corrected chi connectivity index (χ0v) is 21.3. The van der Waals surface area contributed by atoms with E-state index >= 15 is 0 Å². The molecule has 0 aliphatic heterocycles. The summed E-state index contributed by atoms with van der Waals surface area (Å²) in [7, 11) is 0. The normalized spacial score (nSPS) is 13.5. The molecule has 0 fully saturated rings. The minimum atomic E-state index is -0.147. The minimum Gasteiger partial charge on any atom is -0.505 e. The summed E-state index contributed by atoms with van der Waals surface area (Å²) in [6.45, 7) is 26.6. The van der Waals surface area contributed by atoms with Gasteiger partial charge in [0.15, 0.2) is 0 Å². The first-order chi connectivity index (χ1) is 13.3. The van der Waals surface area contributed by atoms with E-state index in [2.05, 4.69) is 119 Å². The number of nitrogens with one attached hydrogen (secondary N) is 1. The van der Waals surface area contributed by atoms with Crippen molar-refractivity contribution in [3.05, 3.63) is 52.6 Å². The number of hydrogen-bond acceptors (Lipinski definition) is 2. The molecule has 2 rings (SSSR count). The Hall–Kier alpha value is -1.96. The van der Waals surface area contributed by atoms with Crippen molar-refractivity contribution in [1.82, 2.24) is 0 Å². The molecule has 0 radical (unpaired) electrons. The molecule has 0 amide bonds. The van der Waals surface area contributed by atoms with Crippen LogP contribution in [0, 0.1) is 0 Å². The van der Waals surface area contributed by atoms with Gasteiger partial charge in [-0.3, -0.25) is 0 Å². The number of phenols is 1. The fourth-order valence-electron chi connectivity index (χ4n) is 3.46. The Kier molecular flexibility index (Phi) is 6.18. The van der Waals surface area contributed by atoms with E-state index in [0.29, 0.717) is 5.75 Å². The van der Waals surface area contributed by atoms with Crippen LogP contribution >= 0.6 is 0 Å². The van der Waals surface area contributed by atoms with Crippen molar-refractivity contribution in [3.8, 4) is 5.75 Å². The molecule has 0 atom stereocenters. The van der Waals surface area contributed by atoms with Gasteiger partial charge in [0.2, 0.25) is 0 Å². The third-order valence-electron chi connectivity index (χ3n) is 5.73. The maximum absolute atomic E-state index is 11.2. The lowest BCUT2D eigenvalue weighted by molar-refractivity contribution is 0.447. The van der Waals surface area contributed by atoms with Gasteiger partial charge in [-0.2, -0.15) is 0 Å². The van der Waals surface area contributed by atoms with Crippen molar-refractivity contribution in [1.29, 1.82) is 0 Å². The number of rotatable bonds is 2. The van der Waals surface area contributed by atoms with Crippen LogP contribution in [0.2, 0.25) is 0 Å². The fourth-order valence-corrected chi connectivity index (χ4v) is 3.46. The van der Waals surface area contributed by atoms with Gasteiger partial charge in [0.1, 0.15) is 5.75 Å². The van der Waals surface area contributed by atoms with Gasteiger partial charge in [-0.25, -0.2) is 0 Å². The van der Waals surface area contributed by atoms with Crippen LogP contribution in [-0.2, 0) is 21.7 Å². The number of aromatic hydroxyl groups is 1. The molecule has 0 spiro atoms. The summed E-state index contributed by atoms with van der Waals surface area (Å²) in [5.74, 6) is 0.342. The summed E-state index contributed by atoms with van der Waals surface area (Å²) in [6, 6.07) is 11.0. The molecule has 0 unspecified atom stereocenters. The fraction of sp³-hybridized carbons (Fsp3) is 0.571. The summed E-state index contributed by atoms with van der Waals surface area (Å²) in [5.41, 5.74) is 6.51. The van der Waals surface area contributed by atoms with Gasteiger partial charge in [-0.1, -0.05) is 95.2 Å². The molecule has 2 N–H and O–H groups in total. The molecule has 0 heterocycles. The van der Waals surface area contributed by atoms with E-state index in [4.69, 9.17) is 0 Å². The van der Waals surface area contributed by atoms with E-state index in [9.17, 15) is 5.11 Å². The molecule has 2 heteroatoms. The molecule has 30 heavy (non-hydrogen) atoms. The first-order valence-electron chi connectivity index (χ1n) is 11.1. The lowest BCUT2D eigenvalue weighted by Gasteiger charge is -2.29. The molecule has 0 saturated carbocycles. The van der Waals surface area contributed by atoms with Crippen LogP contribution < -0.4 is 5.32 Å². The molecule has 0 aromatic heterocycles. The summed E-state index contributed by atoms with van der Waals surface area (Å²) in [6.07, 6.45) is 0. The van der Waals surface area contributed by atoms with Gasteiger partial charge in [-0.15, -0.1) is 0 Å². The average Bonchev–Trinajstić information content (AvgIpc) is 2.52. The summed E-state index contributed by atoms with van der Waals surface area (Å²) in [5, 5.41) is 14.7. The highest BCUT2D eigenvalue weighted by molar-refractivity contribution is 5.71.